The molecule has 4 N–H and O–H groups in total. The van der Waals surface area contributed by atoms with Crippen molar-refractivity contribution in [3.05, 3.63) is 59.7 Å². The summed E-state index contributed by atoms with van der Waals surface area (Å²) in [7, 11) is 3.05. The maximum atomic E-state index is 13.0. The first-order chi connectivity index (χ1) is 18.5. The molecular weight excluding hydrogens is 533 g/mol. The predicted octanol–water partition coefficient (Wildman–Crippen LogP) is 3.78. The van der Waals surface area contributed by atoms with Gasteiger partial charge >= 0.3 is 0 Å². The Kier molecular flexibility index (Phi) is 14.3. The Morgan fingerprint density at radius 1 is 0.816 bits per heavy atom. The Bertz CT molecular complexity index is 1110. The normalized spacial score (nSPS) is 12.0. The van der Waals surface area contributed by atoms with Gasteiger partial charge in [0.15, 0.2) is 34.6 Å². The van der Waals surface area contributed by atoms with Gasteiger partial charge in [-0.3, -0.25) is 9.59 Å². The van der Waals surface area contributed by atoms with Crippen LogP contribution >= 0.6 is 23.6 Å². The maximum Gasteiger partial charge on any atom is 0.166 e. The second kappa shape index (κ2) is 17.4. The van der Waals surface area contributed by atoms with Crippen molar-refractivity contribution >= 4 is 47.3 Å². The lowest BCUT2D eigenvalue weighted by molar-refractivity contribution is -0.127. The van der Waals surface area contributed by atoms with Crippen molar-refractivity contribution in [3.63, 3.8) is 0 Å². The molecule has 0 aromatic heterocycles. The van der Waals surface area contributed by atoms with Gasteiger partial charge in [0.05, 0.1) is 20.1 Å². The first-order valence-corrected chi connectivity index (χ1v) is 12.7. The average molecular weight is 566 g/mol. The highest BCUT2D eigenvalue weighted by molar-refractivity contribution is 6.14. The largest absolute Gasteiger partial charge is 0.493 e. The van der Waals surface area contributed by atoms with Crippen LogP contribution in [0.5, 0.6) is 23.0 Å². The fourth-order valence-electron chi connectivity index (χ4n) is 3.40. The third-order valence-electron chi connectivity index (χ3n) is 5.30. The minimum absolute atomic E-state index is 0.232. The van der Waals surface area contributed by atoms with E-state index in [0.29, 0.717) is 60.4 Å². The number of benzene rings is 2. The van der Waals surface area contributed by atoms with Gasteiger partial charge in [0.2, 0.25) is 0 Å². The standard InChI is InChI=1S/C27H33Cl2N3O6/c1-35-26-17-19(5-9-24(26)37-15-12-30)3-7-22(33)21(11-13-31-28)23(34)8-4-20-6-10-25(27(18-20)36-2)38-16-14-32-29/h3-10,17-18,21,31-32H,11-16,30H2,1-2H3/b7-3+,8-4+. The Balaban J connectivity index is 2.14. The van der Waals surface area contributed by atoms with Crippen molar-refractivity contribution in [1.29, 1.82) is 0 Å². The van der Waals surface area contributed by atoms with Crippen LogP contribution < -0.4 is 34.4 Å². The summed E-state index contributed by atoms with van der Waals surface area (Å²) in [5.41, 5.74) is 6.90. The minimum atomic E-state index is -0.907. The molecule has 0 radical (unpaired) electrons. The first kappa shape index (κ1) is 31.1. The van der Waals surface area contributed by atoms with E-state index < -0.39 is 5.92 Å². The highest BCUT2D eigenvalue weighted by atomic mass is 35.5. The Morgan fingerprint density at radius 2 is 1.32 bits per heavy atom. The van der Waals surface area contributed by atoms with E-state index in [0.717, 1.165) is 0 Å². The summed E-state index contributed by atoms with van der Waals surface area (Å²) in [5.74, 6) is 0.519. The van der Waals surface area contributed by atoms with E-state index in [4.69, 9.17) is 48.2 Å². The van der Waals surface area contributed by atoms with Gasteiger partial charge in [-0.1, -0.05) is 24.3 Å². The third-order valence-corrected chi connectivity index (χ3v) is 5.68. The molecule has 2 aromatic rings. The van der Waals surface area contributed by atoms with E-state index >= 15 is 0 Å². The van der Waals surface area contributed by atoms with Crippen LogP contribution in [0.4, 0.5) is 0 Å². The number of hydrogen-bond acceptors (Lipinski definition) is 9. The number of allylic oxidation sites excluding steroid dienone is 2. The molecule has 0 aliphatic heterocycles. The van der Waals surface area contributed by atoms with Gasteiger partial charge in [0.1, 0.15) is 13.2 Å². The monoisotopic (exact) mass is 565 g/mol. The second-order valence-corrected chi connectivity index (χ2v) is 8.42. The molecular formula is C27H33Cl2N3O6. The number of halogens is 2. The summed E-state index contributed by atoms with van der Waals surface area (Å²) in [4.78, 5) is 30.9. The van der Waals surface area contributed by atoms with Crippen molar-refractivity contribution in [2.75, 3.05) is 47.1 Å². The second-order valence-electron chi connectivity index (χ2n) is 7.89. The van der Waals surface area contributed by atoms with Gasteiger partial charge in [-0.15, -0.1) is 0 Å². The number of ether oxygens (including phenoxy) is 4. The highest BCUT2D eigenvalue weighted by Gasteiger charge is 2.22. The summed E-state index contributed by atoms with van der Waals surface area (Å²) >= 11 is 11.0. The summed E-state index contributed by atoms with van der Waals surface area (Å²) in [6.45, 7) is 1.83. The number of nitrogens with two attached hydrogens (primary N) is 1. The van der Waals surface area contributed by atoms with Crippen LogP contribution in [0.25, 0.3) is 12.2 Å². The summed E-state index contributed by atoms with van der Waals surface area (Å²) in [6.07, 6.45) is 6.24. The van der Waals surface area contributed by atoms with E-state index in [9.17, 15) is 9.59 Å². The van der Waals surface area contributed by atoms with E-state index in [-0.39, 0.29) is 24.5 Å². The van der Waals surface area contributed by atoms with Crippen LogP contribution in [0.3, 0.4) is 0 Å². The lowest BCUT2D eigenvalue weighted by atomic mass is 9.93. The number of ketones is 2. The summed E-state index contributed by atoms with van der Waals surface area (Å²) < 4.78 is 21.9. The molecule has 38 heavy (non-hydrogen) atoms. The van der Waals surface area contributed by atoms with Crippen molar-refractivity contribution in [2.24, 2.45) is 11.7 Å². The van der Waals surface area contributed by atoms with Crippen LogP contribution in [-0.2, 0) is 9.59 Å². The Labute approximate surface area is 233 Å². The van der Waals surface area contributed by atoms with E-state index in [2.05, 4.69) is 9.67 Å². The molecule has 0 spiro atoms. The molecule has 9 nitrogen and oxygen atoms in total. The van der Waals surface area contributed by atoms with Crippen molar-refractivity contribution in [3.8, 4) is 23.0 Å². The first-order valence-electron chi connectivity index (χ1n) is 11.9. The molecule has 0 bridgehead atoms. The molecule has 2 rings (SSSR count). The van der Waals surface area contributed by atoms with Crippen LogP contribution in [0.2, 0.25) is 0 Å². The minimum Gasteiger partial charge on any atom is -0.493 e. The summed E-state index contributed by atoms with van der Waals surface area (Å²) in [6, 6.07) is 10.5. The molecule has 2 aromatic carbocycles. The SMILES string of the molecule is COc1cc(/C=C/C(=O)C(CCNCl)C(=O)/C=C/c2ccc(OCCNCl)c(OC)c2)ccc1OCCN. The van der Waals surface area contributed by atoms with Crippen molar-refractivity contribution < 1.29 is 28.5 Å². The van der Waals surface area contributed by atoms with Gasteiger partial charge in [-0.05, 0) is 77.5 Å². The molecule has 11 heteroatoms. The predicted molar refractivity (Wildman–Crippen MR) is 150 cm³/mol. The fourth-order valence-corrected chi connectivity index (χ4v) is 3.58. The average Bonchev–Trinajstić information content (AvgIpc) is 2.94. The lowest BCUT2D eigenvalue weighted by Crippen LogP contribution is -2.24. The molecule has 206 valence electrons. The number of nitrogens with one attached hydrogen (secondary N) is 2. The maximum absolute atomic E-state index is 13.0. The topological polar surface area (TPSA) is 121 Å². The van der Waals surface area contributed by atoms with E-state index in [1.165, 1.54) is 26.4 Å². The molecule has 0 saturated heterocycles. The molecule has 0 saturated carbocycles. The smallest absolute Gasteiger partial charge is 0.166 e. The lowest BCUT2D eigenvalue weighted by Gasteiger charge is -2.12. The fraction of sp³-hybridized carbons (Fsp3) is 0.333. The zero-order valence-electron chi connectivity index (χ0n) is 21.4. The highest BCUT2D eigenvalue weighted by Crippen LogP contribution is 2.29. The molecule has 1 unspecified atom stereocenters. The molecule has 0 aliphatic rings. The summed E-state index contributed by atoms with van der Waals surface area (Å²) in [5, 5.41) is 0. The molecule has 1 atom stereocenters. The van der Waals surface area contributed by atoms with Crippen molar-refractivity contribution in [1.82, 2.24) is 9.67 Å². The number of methoxy groups -OCH3 is 2. The number of hydrogen-bond donors (Lipinski definition) is 3. The van der Waals surface area contributed by atoms with Gasteiger partial charge in [-0.25, -0.2) is 9.67 Å². The van der Waals surface area contributed by atoms with Gasteiger partial charge < -0.3 is 24.7 Å². The van der Waals surface area contributed by atoms with Crippen LogP contribution in [0.1, 0.15) is 17.5 Å². The molecule has 0 fully saturated rings. The van der Waals surface area contributed by atoms with Crippen LogP contribution in [-0.4, -0.2) is 58.6 Å². The molecule has 0 aliphatic carbocycles. The molecule has 0 heterocycles. The number of carbonyl (C=O) groups is 2. The number of carbonyl (C=O) groups excluding carboxylic acids is 2. The van der Waals surface area contributed by atoms with E-state index in [1.54, 1.807) is 48.6 Å². The van der Waals surface area contributed by atoms with Crippen LogP contribution in [0, 0.1) is 5.92 Å². The Hall–Kier alpha value is -3.08. The number of rotatable bonds is 18. The zero-order valence-corrected chi connectivity index (χ0v) is 22.9. The zero-order chi connectivity index (χ0) is 27.8. The quantitative estimate of drug-likeness (QED) is 0.107. The van der Waals surface area contributed by atoms with Crippen molar-refractivity contribution in [2.45, 2.75) is 6.42 Å². The van der Waals surface area contributed by atoms with Crippen LogP contribution in [0.15, 0.2) is 48.6 Å². The third kappa shape index (κ3) is 10.00. The van der Waals surface area contributed by atoms with E-state index in [1.807, 2.05) is 0 Å². The molecule has 0 amide bonds. The van der Waals surface area contributed by atoms with Gasteiger partial charge in [0, 0.05) is 19.6 Å². The van der Waals surface area contributed by atoms with Gasteiger partial charge in [-0.2, -0.15) is 0 Å². The Morgan fingerprint density at radius 3 is 1.76 bits per heavy atom. The van der Waals surface area contributed by atoms with Gasteiger partial charge in [0.25, 0.3) is 0 Å².